The first-order chi connectivity index (χ1) is 10.7. The van der Waals surface area contributed by atoms with Crippen LogP contribution >= 0.6 is 48.0 Å². The van der Waals surface area contributed by atoms with Crippen molar-refractivity contribution in [3.63, 3.8) is 0 Å². The standard InChI is InChI=1S/C16H28O2S4/c1-21-15(19)17-13-11-9-7-5-3-4-6-8-10-12-14(13)18-16(20)22-2/h13-14H,3-12H2,1-2H3/t13-,14?/m0/s1. The maximum absolute atomic E-state index is 6.00. The molecule has 1 saturated carbocycles. The number of rotatable bonds is 2. The minimum atomic E-state index is 0.0319. The zero-order chi connectivity index (χ0) is 16.2. The van der Waals surface area contributed by atoms with Gasteiger partial charge in [0.05, 0.1) is 0 Å². The zero-order valence-corrected chi connectivity index (χ0v) is 16.9. The fourth-order valence-corrected chi connectivity index (χ4v) is 3.42. The van der Waals surface area contributed by atoms with Crippen LogP contribution in [0.4, 0.5) is 0 Å². The Kier molecular flexibility index (Phi) is 12.0. The molecule has 0 aromatic carbocycles. The van der Waals surface area contributed by atoms with E-state index >= 15 is 0 Å². The molecule has 128 valence electrons. The van der Waals surface area contributed by atoms with E-state index in [0.29, 0.717) is 8.77 Å². The summed E-state index contributed by atoms with van der Waals surface area (Å²) >= 11 is 13.5. The van der Waals surface area contributed by atoms with Gasteiger partial charge in [0.15, 0.2) is 0 Å². The maximum Gasteiger partial charge on any atom is 0.220 e. The zero-order valence-electron chi connectivity index (χ0n) is 13.7. The summed E-state index contributed by atoms with van der Waals surface area (Å²) in [7, 11) is 0. The lowest BCUT2D eigenvalue weighted by Gasteiger charge is -2.28. The van der Waals surface area contributed by atoms with Gasteiger partial charge >= 0.3 is 0 Å². The molecule has 0 aromatic heterocycles. The normalized spacial score (nSPS) is 24.6. The highest BCUT2D eigenvalue weighted by Crippen LogP contribution is 2.24. The van der Waals surface area contributed by atoms with Crippen molar-refractivity contribution in [2.75, 3.05) is 12.5 Å². The van der Waals surface area contributed by atoms with Gasteiger partial charge in [-0.05, 0) is 62.6 Å². The van der Waals surface area contributed by atoms with Crippen LogP contribution in [0.5, 0.6) is 0 Å². The molecule has 2 nitrogen and oxygen atoms in total. The molecule has 6 heteroatoms. The van der Waals surface area contributed by atoms with Crippen molar-refractivity contribution in [1.82, 2.24) is 0 Å². The van der Waals surface area contributed by atoms with Crippen LogP contribution in [0.25, 0.3) is 0 Å². The van der Waals surface area contributed by atoms with Crippen molar-refractivity contribution in [3.05, 3.63) is 0 Å². The van der Waals surface area contributed by atoms with Crippen molar-refractivity contribution in [2.45, 2.75) is 76.4 Å². The number of hydrogen-bond donors (Lipinski definition) is 0. The van der Waals surface area contributed by atoms with Gasteiger partial charge < -0.3 is 9.47 Å². The second-order valence-corrected chi connectivity index (χ2v) is 8.44. The molecule has 0 spiro atoms. The molecule has 1 unspecified atom stereocenters. The summed E-state index contributed by atoms with van der Waals surface area (Å²) in [6.07, 6.45) is 16.3. The van der Waals surface area contributed by atoms with Gasteiger partial charge in [0.2, 0.25) is 8.77 Å². The van der Waals surface area contributed by atoms with E-state index in [1.807, 2.05) is 12.5 Å². The highest BCUT2D eigenvalue weighted by molar-refractivity contribution is 8.22. The first kappa shape index (κ1) is 20.5. The second kappa shape index (κ2) is 12.8. The van der Waals surface area contributed by atoms with Gasteiger partial charge in [0.25, 0.3) is 0 Å². The van der Waals surface area contributed by atoms with Crippen LogP contribution in [0.15, 0.2) is 0 Å². The smallest absolute Gasteiger partial charge is 0.220 e. The molecule has 22 heavy (non-hydrogen) atoms. The van der Waals surface area contributed by atoms with Crippen LogP contribution in [0, 0.1) is 0 Å². The van der Waals surface area contributed by atoms with Gasteiger partial charge in [0, 0.05) is 0 Å². The van der Waals surface area contributed by atoms with Crippen molar-refractivity contribution in [3.8, 4) is 0 Å². The Balaban J connectivity index is 2.70. The van der Waals surface area contributed by atoms with Gasteiger partial charge in [0.1, 0.15) is 12.2 Å². The molecule has 0 heterocycles. The van der Waals surface area contributed by atoms with E-state index in [-0.39, 0.29) is 12.2 Å². The SMILES string of the molecule is CSC(=S)OC1CCCCCCCCCC[C@@H]1OC(=S)SC. The van der Waals surface area contributed by atoms with Crippen LogP contribution in [0.3, 0.4) is 0 Å². The van der Waals surface area contributed by atoms with Crippen molar-refractivity contribution in [2.24, 2.45) is 0 Å². The maximum atomic E-state index is 6.00. The third-order valence-electron chi connectivity index (χ3n) is 3.97. The Morgan fingerprint density at radius 2 is 1.00 bits per heavy atom. The fraction of sp³-hybridized carbons (Fsp3) is 0.875. The van der Waals surface area contributed by atoms with E-state index in [1.165, 1.54) is 74.9 Å². The monoisotopic (exact) mass is 380 g/mol. The van der Waals surface area contributed by atoms with E-state index in [4.69, 9.17) is 33.9 Å². The van der Waals surface area contributed by atoms with E-state index in [0.717, 1.165) is 12.8 Å². The second-order valence-electron chi connectivity index (χ2n) is 5.63. The Bertz CT molecular complexity index is 304. The van der Waals surface area contributed by atoms with Gasteiger partial charge in [-0.15, -0.1) is 0 Å². The first-order valence-electron chi connectivity index (χ1n) is 8.16. The average Bonchev–Trinajstić information content (AvgIpc) is 2.52. The van der Waals surface area contributed by atoms with Crippen molar-refractivity contribution in [1.29, 1.82) is 0 Å². The Hall–Kier alpha value is 0.480. The molecule has 0 aromatic rings. The van der Waals surface area contributed by atoms with Crippen LogP contribution in [0.1, 0.15) is 64.2 Å². The topological polar surface area (TPSA) is 18.5 Å². The van der Waals surface area contributed by atoms with Crippen LogP contribution in [-0.2, 0) is 9.47 Å². The van der Waals surface area contributed by atoms with Gasteiger partial charge in [-0.25, -0.2) is 0 Å². The molecule has 2 atom stereocenters. The van der Waals surface area contributed by atoms with Crippen LogP contribution in [-0.4, -0.2) is 33.5 Å². The van der Waals surface area contributed by atoms with Crippen molar-refractivity contribution >= 4 is 56.7 Å². The number of ether oxygens (including phenoxy) is 2. The van der Waals surface area contributed by atoms with E-state index in [9.17, 15) is 0 Å². The molecule has 1 aliphatic rings. The molecular weight excluding hydrogens is 352 g/mol. The molecule has 0 radical (unpaired) electrons. The first-order valence-corrected chi connectivity index (χ1v) is 11.4. The minimum absolute atomic E-state index is 0.0319. The van der Waals surface area contributed by atoms with Crippen molar-refractivity contribution < 1.29 is 9.47 Å². The van der Waals surface area contributed by atoms with E-state index in [1.54, 1.807) is 0 Å². The molecule has 0 aliphatic heterocycles. The molecule has 1 rings (SSSR count). The van der Waals surface area contributed by atoms with Crippen LogP contribution in [0.2, 0.25) is 0 Å². The molecule has 0 saturated heterocycles. The molecule has 0 amide bonds. The summed E-state index contributed by atoms with van der Waals surface area (Å²) in [4.78, 5) is 0. The number of thiocarbonyl (C=S) groups is 2. The lowest BCUT2D eigenvalue weighted by Crippen LogP contribution is -2.34. The predicted molar refractivity (Wildman–Crippen MR) is 108 cm³/mol. The lowest BCUT2D eigenvalue weighted by molar-refractivity contribution is 0.0338. The Morgan fingerprint density at radius 1 is 0.682 bits per heavy atom. The minimum Gasteiger partial charge on any atom is -0.471 e. The van der Waals surface area contributed by atoms with E-state index in [2.05, 4.69) is 0 Å². The Morgan fingerprint density at radius 3 is 1.32 bits per heavy atom. The summed E-state index contributed by atoms with van der Waals surface area (Å²) in [6.45, 7) is 0. The fourth-order valence-electron chi connectivity index (χ4n) is 2.74. The third kappa shape index (κ3) is 8.94. The average molecular weight is 381 g/mol. The van der Waals surface area contributed by atoms with E-state index < -0.39 is 0 Å². The lowest BCUT2D eigenvalue weighted by atomic mass is 9.97. The summed E-state index contributed by atoms with van der Waals surface area (Å²) in [5, 5.41) is 0. The number of hydrogen-bond acceptors (Lipinski definition) is 6. The molecule has 0 N–H and O–H groups in total. The number of thioether (sulfide) groups is 2. The molecule has 0 bridgehead atoms. The molecular formula is C16H28O2S4. The highest BCUT2D eigenvalue weighted by atomic mass is 32.2. The Labute approximate surface area is 154 Å². The summed E-state index contributed by atoms with van der Waals surface area (Å²) in [5.74, 6) is 0. The summed E-state index contributed by atoms with van der Waals surface area (Å²) < 4.78 is 13.2. The quantitative estimate of drug-likeness (QED) is 0.546. The highest BCUT2D eigenvalue weighted by Gasteiger charge is 2.26. The van der Waals surface area contributed by atoms with Gasteiger partial charge in [-0.3, -0.25) is 0 Å². The third-order valence-corrected chi connectivity index (χ3v) is 6.02. The molecule has 1 fully saturated rings. The van der Waals surface area contributed by atoms with Gasteiger partial charge in [-0.1, -0.05) is 62.0 Å². The predicted octanol–water partition coefficient (Wildman–Crippen LogP) is 5.97. The van der Waals surface area contributed by atoms with Crippen LogP contribution < -0.4 is 0 Å². The van der Waals surface area contributed by atoms with Gasteiger partial charge in [-0.2, -0.15) is 0 Å². The summed E-state index contributed by atoms with van der Waals surface area (Å²) in [6, 6.07) is 0. The molecule has 1 aliphatic carbocycles. The summed E-state index contributed by atoms with van der Waals surface area (Å²) in [5.41, 5.74) is 0. The largest absolute Gasteiger partial charge is 0.471 e.